The van der Waals surface area contributed by atoms with Crippen LogP contribution in [0, 0.1) is 33.8 Å². The van der Waals surface area contributed by atoms with Crippen molar-refractivity contribution in [2.24, 2.45) is 0 Å². The second kappa shape index (κ2) is 5.79. The molecule has 0 aliphatic heterocycles. The van der Waals surface area contributed by atoms with Crippen LogP contribution in [-0.4, -0.2) is 20.6 Å². The zero-order valence-electron chi connectivity index (χ0n) is 10.6. The highest BCUT2D eigenvalue weighted by molar-refractivity contribution is 7.99. The number of nitro groups is 1. The van der Waals surface area contributed by atoms with Crippen LogP contribution in [0.25, 0.3) is 11.0 Å². The molecular weight excluding hydrogens is 338 g/mol. The van der Waals surface area contributed by atoms with Gasteiger partial charge in [-0.1, -0.05) is 5.92 Å². The number of thioether (sulfide) groups is 1. The fourth-order valence-electron chi connectivity index (χ4n) is 1.75. The number of terminal acetylenes is 1. The van der Waals surface area contributed by atoms with E-state index in [1.54, 1.807) is 6.07 Å². The molecule has 0 saturated carbocycles. The van der Waals surface area contributed by atoms with Crippen molar-refractivity contribution in [2.45, 2.75) is 10.3 Å². The van der Waals surface area contributed by atoms with Crippen molar-refractivity contribution in [3.8, 4) is 18.4 Å². The number of benzene rings is 1. The van der Waals surface area contributed by atoms with Crippen LogP contribution >= 0.6 is 23.4 Å². The molecule has 2 rings (SSSR count). The van der Waals surface area contributed by atoms with Crippen LogP contribution in [0.5, 0.6) is 0 Å². The Kier molecular flexibility index (Phi) is 4.22. The summed E-state index contributed by atoms with van der Waals surface area (Å²) >= 11 is 5.90. The van der Waals surface area contributed by atoms with Gasteiger partial charge in [-0.05, 0) is 11.6 Å². The molecule has 0 bridgehead atoms. The smallest absolute Gasteiger partial charge is 0.335 e. The van der Waals surface area contributed by atoms with Gasteiger partial charge in [0, 0.05) is 6.07 Å². The lowest BCUT2D eigenvalue weighted by Crippen LogP contribution is -2.05. The van der Waals surface area contributed by atoms with E-state index in [1.165, 1.54) is 0 Å². The van der Waals surface area contributed by atoms with Crippen LogP contribution in [0.1, 0.15) is 11.4 Å². The molecule has 0 aliphatic rings. The summed E-state index contributed by atoms with van der Waals surface area (Å²) in [5, 5.41) is 16.3. The Labute approximate surface area is 131 Å². The molecule has 0 atom stereocenters. The number of nitriles is 1. The van der Waals surface area contributed by atoms with E-state index in [0.29, 0.717) is 0 Å². The van der Waals surface area contributed by atoms with Crippen molar-refractivity contribution >= 4 is 40.1 Å². The summed E-state index contributed by atoms with van der Waals surface area (Å²) in [6.07, 6.45) is 5.14. The number of nitrogens with zero attached hydrogens (tertiary/aromatic N) is 3. The number of non-ortho nitro benzene ring substituents is 1. The van der Waals surface area contributed by atoms with E-state index in [2.05, 4.69) is 15.9 Å². The summed E-state index contributed by atoms with van der Waals surface area (Å²) in [5.41, 5.74) is -1.01. The number of alkyl halides is 3. The highest BCUT2D eigenvalue weighted by atomic mass is 35.5. The summed E-state index contributed by atoms with van der Waals surface area (Å²) in [5.74, 6) is 1.52. The first kappa shape index (κ1) is 16.0. The number of nitro benzene ring substituents is 1. The molecule has 1 heterocycles. The maximum Gasteiger partial charge on any atom is 0.379 e. The Morgan fingerprint density at radius 2 is 2.32 bits per heavy atom. The zero-order valence-corrected chi connectivity index (χ0v) is 12.1. The molecule has 1 N–H and O–H groups in total. The standard InChI is InChI=1S/C12H5ClF2N4O2S/c1-2-3-22-10-6(5-16)4-7(19(20)21)8-9(10)18-11(17-8)12(13,14)15/h1,4H,3H2,(H,17,18). The summed E-state index contributed by atoms with van der Waals surface area (Å²) in [6, 6.07) is 2.75. The molecule has 112 valence electrons. The molecule has 1 aromatic carbocycles. The topological polar surface area (TPSA) is 95.6 Å². The number of imidazole rings is 1. The van der Waals surface area contributed by atoms with E-state index in [-0.39, 0.29) is 27.2 Å². The lowest BCUT2D eigenvalue weighted by Gasteiger charge is -2.04. The van der Waals surface area contributed by atoms with Gasteiger partial charge in [0.25, 0.3) is 5.69 Å². The molecule has 6 nitrogen and oxygen atoms in total. The molecule has 0 radical (unpaired) electrons. The lowest BCUT2D eigenvalue weighted by molar-refractivity contribution is -0.383. The largest absolute Gasteiger partial charge is 0.379 e. The number of hydrogen-bond donors (Lipinski definition) is 1. The highest BCUT2D eigenvalue weighted by Gasteiger charge is 2.34. The minimum atomic E-state index is -3.83. The third-order valence-corrected chi connectivity index (χ3v) is 3.79. The minimum absolute atomic E-state index is 0.0625. The fraction of sp³-hybridized carbons (Fsp3) is 0.167. The number of H-pyrrole nitrogens is 1. The summed E-state index contributed by atoms with van der Waals surface area (Å²) in [4.78, 5) is 16.2. The van der Waals surface area contributed by atoms with Crippen molar-refractivity contribution in [2.75, 3.05) is 5.75 Å². The Balaban J connectivity index is 2.85. The highest BCUT2D eigenvalue weighted by Crippen LogP contribution is 2.39. The van der Waals surface area contributed by atoms with E-state index in [1.807, 2.05) is 0 Å². The number of nitrogens with one attached hydrogen (secondary N) is 1. The van der Waals surface area contributed by atoms with Crippen LogP contribution in [0.3, 0.4) is 0 Å². The Bertz CT molecular complexity index is 848. The van der Waals surface area contributed by atoms with Gasteiger partial charge in [0.2, 0.25) is 0 Å². The van der Waals surface area contributed by atoms with Gasteiger partial charge in [-0.15, -0.1) is 18.2 Å². The molecule has 0 amide bonds. The fourth-order valence-corrected chi connectivity index (χ4v) is 2.62. The first-order chi connectivity index (χ1) is 10.3. The van der Waals surface area contributed by atoms with Crippen molar-refractivity contribution in [1.29, 1.82) is 5.26 Å². The van der Waals surface area contributed by atoms with E-state index in [9.17, 15) is 18.9 Å². The number of hydrogen-bond acceptors (Lipinski definition) is 5. The van der Waals surface area contributed by atoms with E-state index < -0.39 is 21.8 Å². The second-order valence-electron chi connectivity index (χ2n) is 3.94. The average Bonchev–Trinajstić information content (AvgIpc) is 2.88. The van der Waals surface area contributed by atoms with Gasteiger partial charge in [-0.2, -0.15) is 14.0 Å². The van der Waals surface area contributed by atoms with E-state index >= 15 is 0 Å². The molecule has 1 aromatic heterocycles. The van der Waals surface area contributed by atoms with Crippen LogP contribution in [-0.2, 0) is 5.38 Å². The third-order valence-electron chi connectivity index (χ3n) is 2.58. The van der Waals surface area contributed by atoms with E-state index in [4.69, 9.17) is 23.3 Å². The normalized spacial score (nSPS) is 11.1. The number of aromatic nitrogens is 2. The Hall–Kier alpha value is -2.36. The molecule has 0 fully saturated rings. The Morgan fingerprint density at radius 3 is 2.82 bits per heavy atom. The molecule has 10 heteroatoms. The van der Waals surface area contributed by atoms with Crippen LogP contribution in [0.15, 0.2) is 11.0 Å². The zero-order chi connectivity index (χ0) is 16.5. The first-order valence-corrected chi connectivity index (χ1v) is 6.90. The van der Waals surface area contributed by atoms with Crippen LogP contribution < -0.4 is 0 Å². The third kappa shape index (κ3) is 2.82. The quantitative estimate of drug-likeness (QED) is 0.302. The average molecular weight is 343 g/mol. The van der Waals surface area contributed by atoms with Gasteiger partial charge in [-0.25, -0.2) is 4.98 Å². The summed E-state index contributed by atoms with van der Waals surface area (Å²) in [7, 11) is 0. The van der Waals surface area contributed by atoms with Gasteiger partial charge in [0.15, 0.2) is 11.3 Å². The molecule has 0 saturated heterocycles. The van der Waals surface area contributed by atoms with Crippen molar-refractivity contribution in [3.63, 3.8) is 0 Å². The van der Waals surface area contributed by atoms with Crippen molar-refractivity contribution in [3.05, 3.63) is 27.6 Å². The number of halogens is 3. The van der Waals surface area contributed by atoms with Crippen molar-refractivity contribution < 1.29 is 13.7 Å². The molecular formula is C12H5ClF2N4O2S. The predicted molar refractivity (Wildman–Crippen MR) is 76.8 cm³/mol. The lowest BCUT2D eigenvalue weighted by atomic mass is 10.2. The maximum atomic E-state index is 13.2. The molecule has 0 unspecified atom stereocenters. The van der Waals surface area contributed by atoms with Gasteiger partial charge in [-0.3, -0.25) is 10.1 Å². The monoisotopic (exact) mass is 342 g/mol. The van der Waals surface area contributed by atoms with Gasteiger partial charge >= 0.3 is 5.38 Å². The van der Waals surface area contributed by atoms with Crippen LogP contribution in [0.2, 0.25) is 0 Å². The molecule has 0 spiro atoms. The van der Waals surface area contributed by atoms with Gasteiger partial charge < -0.3 is 4.98 Å². The number of fused-ring (bicyclic) bond motifs is 1. The van der Waals surface area contributed by atoms with Crippen molar-refractivity contribution in [1.82, 2.24) is 9.97 Å². The predicted octanol–water partition coefficient (Wildman–Crippen LogP) is 3.36. The summed E-state index contributed by atoms with van der Waals surface area (Å²) < 4.78 is 26.4. The SMILES string of the molecule is C#CCSc1c(C#N)cc([N+](=O)[O-])c2nc(C(F)(F)Cl)[nH]c12. The molecule has 0 aliphatic carbocycles. The molecule has 22 heavy (non-hydrogen) atoms. The first-order valence-electron chi connectivity index (χ1n) is 5.54. The maximum absolute atomic E-state index is 13.2. The minimum Gasteiger partial charge on any atom is -0.335 e. The number of rotatable bonds is 4. The number of aromatic amines is 1. The second-order valence-corrected chi connectivity index (χ2v) is 5.40. The van der Waals surface area contributed by atoms with E-state index in [0.717, 1.165) is 17.8 Å². The Morgan fingerprint density at radius 1 is 1.64 bits per heavy atom. The van der Waals surface area contributed by atoms with Gasteiger partial charge in [0.05, 0.1) is 26.7 Å². The summed E-state index contributed by atoms with van der Waals surface area (Å²) in [6.45, 7) is 0. The molecule has 2 aromatic rings. The van der Waals surface area contributed by atoms with Gasteiger partial charge in [0.1, 0.15) is 6.07 Å². The van der Waals surface area contributed by atoms with Crippen LogP contribution in [0.4, 0.5) is 14.5 Å².